The molecular weight excluding hydrogens is 262 g/mol. The van der Waals surface area contributed by atoms with Crippen molar-refractivity contribution in [3.8, 4) is 11.4 Å². The standard InChI is InChI=1S/C16H21N5/c1-2-12-8-9-21(11-12)15-10-14(20-17)18-16(19-15)13-6-4-3-5-7-13/h3-7,10,12H,2,8-9,11,17H2,1H3,(H,18,19,20). The van der Waals surface area contributed by atoms with Crippen LogP contribution in [-0.2, 0) is 0 Å². The van der Waals surface area contributed by atoms with E-state index in [1.807, 2.05) is 36.4 Å². The molecule has 0 amide bonds. The molecule has 21 heavy (non-hydrogen) atoms. The molecule has 0 aliphatic carbocycles. The summed E-state index contributed by atoms with van der Waals surface area (Å²) in [6, 6.07) is 11.9. The van der Waals surface area contributed by atoms with Gasteiger partial charge in [-0.15, -0.1) is 0 Å². The van der Waals surface area contributed by atoms with Crippen LogP contribution >= 0.6 is 0 Å². The van der Waals surface area contributed by atoms with E-state index in [9.17, 15) is 0 Å². The van der Waals surface area contributed by atoms with Crippen LogP contribution in [0.4, 0.5) is 11.6 Å². The maximum Gasteiger partial charge on any atom is 0.163 e. The Morgan fingerprint density at radius 2 is 2.10 bits per heavy atom. The summed E-state index contributed by atoms with van der Waals surface area (Å²) in [5.74, 6) is 8.63. The molecule has 2 aromatic rings. The molecule has 0 saturated carbocycles. The number of nitrogens with two attached hydrogens (primary N) is 1. The minimum atomic E-state index is 0.652. The van der Waals surface area contributed by atoms with Crippen molar-refractivity contribution in [1.29, 1.82) is 0 Å². The SMILES string of the molecule is CCC1CCN(c2cc(NN)nc(-c3ccccc3)n2)C1. The molecule has 3 N–H and O–H groups in total. The molecular formula is C16H21N5. The summed E-state index contributed by atoms with van der Waals surface area (Å²) < 4.78 is 0. The van der Waals surface area contributed by atoms with Gasteiger partial charge in [-0.05, 0) is 12.3 Å². The molecule has 3 rings (SSSR count). The lowest BCUT2D eigenvalue weighted by atomic mass is 10.1. The van der Waals surface area contributed by atoms with Gasteiger partial charge in [0.1, 0.15) is 11.6 Å². The molecule has 1 aliphatic rings. The second-order valence-corrected chi connectivity index (χ2v) is 5.45. The maximum atomic E-state index is 5.56. The van der Waals surface area contributed by atoms with Crippen molar-refractivity contribution >= 4 is 11.6 Å². The molecule has 1 saturated heterocycles. The van der Waals surface area contributed by atoms with Crippen LogP contribution in [-0.4, -0.2) is 23.1 Å². The molecule has 5 nitrogen and oxygen atoms in total. The fourth-order valence-electron chi connectivity index (χ4n) is 2.76. The summed E-state index contributed by atoms with van der Waals surface area (Å²) in [7, 11) is 0. The molecule has 1 fully saturated rings. The monoisotopic (exact) mass is 283 g/mol. The van der Waals surface area contributed by atoms with Gasteiger partial charge in [-0.2, -0.15) is 0 Å². The molecule has 0 bridgehead atoms. The van der Waals surface area contributed by atoms with Crippen molar-refractivity contribution in [2.45, 2.75) is 19.8 Å². The first-order valence-corrected chi connectivity index (χ1v) is 7.46. The van der Waals surface area contributed by atoms with Crippen molar-refractivity contribution in [2.75, 3.05) is 23.4 Å². The van der Waals surface area contributed by atoms with Gasteiger partial charge >= 0.3 is 0 Å². The Balaban J connectivity index is 1.94. The predicted molar refractivity (Wildman–Crippen MR) is 85.9 cm³/mol. The van der Waals surface area contributed by atoms with Gasteiger partial charge in [0.25, 0.3) is 0 Å². The number of nitrogens with one attached hydrogen (secondary N) is 1. The van der Waals surface area contributed by atoms with E-state index in [1.165, 1.54) is 12.8 Å². The average Bonchev–Trinajstić information content (AvgIpc) is 3.04. The summed E-state index contributed by atoms with van der Waals surface area (Å²) in [4.78, 5) is 11.5. The lowest BCUT2D eigenvalue weighted by molar-refractivity contribution is 0.568. The van der Waals surface area contributed by atoms with E-state index in [0.717, 1.165) is 30.4 Å². The van der Waals surface area contributed by atoms with Crippen molar-refractivity contribution in [1.82, 2.24) is 9.97 Å². The van der Waals surface area contributed by atoms with Crippen LogP contribution in [0.15, 0.2) is 36.4 Å². The first-order chi connectivity index (χ1) is 10.3. The third-order valence-corrected chi connectivity index (χ3v) is 4.08. The Morgan fingerprint density at radius 1 is 1.29 bits per heavy atom. The van der Waals surface area contributed by atoms with Gasteiger partial charge in [0.2, 0.25) is 0 Å². The molecule has 110 valence electrons. The van der Waals surface area contributed by atoms with E-state index >= 15 is 0 Å². The maximum absolute atomic E-state index is 5.56. The summed E-state index contributed by atoms with van der Waals surface area (Å²) in [5.41, 5.74) is 3.65. The lowest BCUT2D eigenvalue weighted by Gasteiger charge is -2.19. The van der Waals surface area contributed by atoms with E-state index in [0.29, 0.717) is 11.6 Å². The fraction of sp³-hybridized carbons (Fsp3) is 0.375. The topological polar surface area (TPSA) is 67.1 Å². The number of rotatable bonds is 4. The number of hydrogen-bond donors (Lipinski definition) is 2. The van der Waals surface area contributed by atoms with E-state index in [2.05, 4.69) is 22.2 Å². The van der Waals surface area contributed by atoms with Crippen LogP contribution in [0, 0.1) is 5.92 Å². The van der Waals surface area contributed by atoms with Crippen LogP contribution < -0.4 is 16.2 Å². The number of anilines is 2. The number of nitrogens with zero attached hydrogens (tertiary/aromatic N) is 3. The minimum absolute atomic E-state index is 0.652. The van der Waals surface area contributed by atoms with Gasteiger partial charge in [-0.3, -0.25) is 0 Å². The summed E-state index contributed by atoms with van der Waals surface area (Å²) in [5, 5.41) is 0. The van der Waals surface area contributed by atoms with Crippen molar-refractivity contribution in [2.24, 2.45) is 11.8 Å². The van der Waals surface area contributed by atoms with Crippen molar-refractivity contribution < 1.29 is 0 Å². The zero-order valence-corrected chi connectivity index (χ0v) is 12.3. The Bertz CT molecular complexity index is 599. The normalized spacial score (nSPS) is 18.0. The molecule has 0 spiro atoms. The van der Waals surface area contributed by atoms with E-state index in [4.69, 9.17) is 10.8 Å². The molecule has 1 aromatic carbocycles. The highest BCUT2D eigenvalue weighted by Crippen LogP contribution is 2.27. The van der Waals surface area contributed by atoms with Crippen molar-refractivity contribution in [3.63, 3.8) is 0 Å². The molecule has 1 atom stereocenters. The molecule has 1 unspecified atom stereocenters. The van der Waals surface area contributed by atoms with E-state index in [-0.39, 0.29) is 0 Å². The minimum Gasteiger partial charge on any atom is -0.356 e. The number of aromatic nitrogens is 2. The second-order valence-electron chi connectivity index (χ2n) is 5.45. The molecule has 1 aliphatic heterocycles. The second kappa shape index (κ2) is 6.10. The van der Waals surface area contributed by atoms with Crippen LogP contribution in [0.3, 0.4) is 0 Å². The van der Waals surface area contributed by atoms with Crippen LogP contribution in [0.1, 0.15) is 19.8 Å². The quantitative estimate of drug-likeness (QED) is 0.667. The molecule has 5 heteroatoms. The van der Waals surface area contributed by atoms with E-state index < -0.39 is 0 Å². The molecule has 2 heterocycles. The van der Waals surface area contributed by atoms with Crippen molar-refractivity contribution in [3.05, 3.63) is 36.4 Å². The fourth-order valence-corrected chi connectivity index (χ4v) is 2.76. The molecule has 0 radical (unpaired) electrons. The summed E-state index contributed by atoms with van der Waals surface area (Å²) in [6.07, 6.45) is 2.45. The summed E-state index contributed by atoms with van der Waals surface area (Å²) >= 11 is 0. The highest BCUT2D eigenvalue weighted by Gasteiger charge is 2.23. The van der Waals surface area contributed by atoms with Gasteiger partial charge < -0.3 is 10.3 Å². The first-order valence-electron chi connectivity index (χ1n) is 7.46. The van der Waals surface area contributed by atoms with Gasteiger partial charge in [-0.25, -0.2) is 15.8 Å². The largest absolute Gasteiger partial charge is 0.356 e. The van der Waals surface area contributed by atoms with Crippen LogP contribution in [0.5, 0.6) is 0 Å². The number of hydrazine groups is 1. The predicted octanol–water partition coefficient (Wildman–Crippen LogP) is 2.67. The highest BCUT2D eigenvalue weighted by molar-refractivity contribution is 5.61. The average molecular weight is 283 g/mol. The molecule has 1 aromatic heterocycles. The highest BCUT2D eigenvalue weighted by atomic mass is 15.3. The van der Waals surface area contributed by atoms with Crippen LogP contribution in [0.25, 0.3) is 11.4 Å². The van der Waals surface area contributed by atoms with Gasteiger partial charge in [0, 0.05) is 24.7 Å². The Hall–Kier alpha value is -2.14. The number of nitrogen functional groups attached to an aromatic ring is 1. The smallest absolute Gasteiger partial charge is 0.163 e. The summed E-state index contributed by atoms with van der Waals surface area (Å²) in [6.45, 7) is 4.36. The van der Waals surface area contributed by atoms with Gasteiger partial charge in [-0.1, -0.05) is 43.7 Å². The van der Waals surface area contributed by atoms with Gasteiger partial charge in [0.05, 0.1) is 0 Å². The lowest BCUT2D eigenvalue weighted by Crippen LogP contribution is -2.22. The Labute approximate surface area is 125 Å². The van der Waals surface area contributed by atoms with Crippen LogP contribution in [0.2, 0.25) is 0 Å². The third-order valence-electron chi connectivity index (χ3n) is 4.08. The zero-order valence-electron chi connectivity index (χ0n) is 12.3. The first kappa shape index (κ1) is 13.8. The Morgan fingerprint density at radius 3 is 2.76 bits per heavy atom. The zero-order chi connectivity index (χ0) is 14.7. The number of benzene rings is 1. The van der Waals surface area contributed by atoms with E-state index in [1.54, 1.807) is 0 Å². The third kappa shape index (κ3) is 2.97. The van der Waals surface area contributed by atoms with Gasteiger partial charge in [0.15, 0.2) is 5.82 Å². The Kier molecular flexibility index (Phi) is 4.01. The number of hydrogen-bond acceptors (Lipinski definition) is 5.